The van der Waals surface area contributed by atoms with E-state index in [4.69, 9.17) is 14.7 Å². The van der Waals surface area contributed by atoms with Crippen molar-refractivity contribution >= 4 is 11.9 Å². The van der Waals surface area contributed by atoms with Crippen LogP contribution in [0.4, 0.5) is 10.3 Å². The van der Waals surface area contributed by atoms with Gasteiger partial charge in [-0.2, -0.15) is 0 Å². The Kier molecular flexibility index (Phi) is 6.28. The van der Waals surface area contributed by atoms with Crippen LogP contribution in [-0.2, 0) is 11.3 Å². The van der Waals surface area contributed by atoms with Gasteiger partial charge < -0.3 is 14.5 Å². The Hall–Kier alpha value is -3.32. The second-order valence-corrected chi connectivity index (χ2v) is 9.07. The number of carbonyl (C=O) groups is 1. The van der Waals surface area contributed by atoms with Gasteiger partial charge in [0.1, 0.15) is 5.82 Å². The van der Waals surface area contributed by atoms with E-state index in [0.29, 0.717) is 61.3 Å². The summed E-state index contributed by atoms with van der Waals surface area (Å²) in [5.41, 5.74) is 3.85. The minimum Gasteiger partial charge on any atom is -0.378 e. The van der Waals surface area contributed by atoms with Crippen LogP contribution in [0.3, 0.4) is 0 Å². The molecule has 1 aromatic heterocycles. The molecule has 0 N–H and O–H groups in total. The average molecular weight is 461 g/mol. The zero-order valence-electron chi connectivity index (χ0n) is 19.6. The topological polar surface area (TPSA) is 58.6 Å². The van der Waals surface area contributed by atoms with Gasteiger partial charge in [0.05, 0.1) is 30.2 Å². The number of morpholine rings is 1. The summed E-state index contributed by atoms with van der Waals surface area (Å²) in [6.45, 7) is 6.86. The molecule has 176 valence electrons. The Morgan fingerprint density at radius 3 is 2.56 bits per heavy atom. The first kappa shape index (κ1) is 22.5. The average Bonchev–Trinajstić information content (AvgIpc) is 3.68. The third kappa shape index (κ3) is 4.66. The lowest BCUT2D eigenvalue weighted by Gasteiger charge is -2.29. The highest BCUT2D eigenvalue weighted by Gasteiger charge is 2.36. The second kappa shape index (κ2) is 9.50. The molecule has 1 saturated heterocycles. The van der Waals surface area contributed by atoms with Gasteiger partial charge in [-0.05, 0) is 44.4 Å². The largest absolute Gasteiger partial charge is 0.378 e. The first-order valence-corrected chi connectivity index (χ1v) is 11.8. The number of anilines is 1. The van der Waals surface area contributed by atoms with Gasteiger partial charge in [0.25, 0.3) is 5.91 Å². The molecule has 0 atom stereocenters. The fourth-order valence-electron chi connectivity index (χ4n) is 4.47. The van der Waals surface area contributed by atoms with Crippen LogP contribution in [0.1, 0.15) is 40.0 Å². The van der Waals surface area contributed by atoms with E-state index in [2.05, 4.69) is 6.07 Å². The molecule has 6 nitrogen and oxygen atoms in total. The van der Waals surface area contributed by atoms with E-state index >= 15 is 0 Å². The van der Waals surface area contributed by atoms with Crippen molar-refractivity contribution in [2.24, 2.45) is 0 Å². The maximum absolute atomic E-state index is 15.0. The number of hydrogen-bond donors (Lipinski definition) is 0. The van der Waals surface area contributed by atoms with Crippen LogP contribution in [0.2, 0.25) is 0 Å². The lowest BCUT2D eigenvalue weighted by molar-refractivity contribution is 0.0729. The van der Waals surface area contributed by atoms with Gasteiger partial charge in [0.15, 0.2) is 0 Å². The number of benzene rings is 2. The van der Waals surface area contributed by atoms with Crippen LogP contribution in [0.5, 0.6) is 0 Å². The second-order valence-electron chi connectivity index (χ2n) is 9.07. The lowest BCUT2D eigenvalue weighted by Crippen LogP contribution is -2.38. The monoisotopic (exact) mass is 460 g/mol. The summed E-state index contributed by atoms with van der Waals surface area (Å²) in [4.78, 5) is 27.4. The number of ether oxygens (including phenoxy) is 1. The van der Waals surface area contributed by atoms with E-state index in [1.165, 1.54) is 6.07 Å². The van der Waals surface area contributed by atoms with Crippen molar-refractivity contribution in [3.8, 4) is 11.3 Å². The van der Waals surface area contributed by atoms with Gasteiger partial charge >= 0.3 is 0 Å². The summed E-state index contributed by atoms with van der Waals surface area (Å²) in [5.74, 6) is -0.0419. The Morgan fingerprint density at radius 2 is 1.85 bits per heavy atom. The van der Waals surface area contributed by atoms with Gasteiger partial charge in [-0.3, -0.25) is 4.79 Å². The summed E-state index contributed by atoms with van der Waals surface area (Å²) in [7, 11) is 0. The number of rotatable bonds is 6. The standard InChI is InChI=1S/C27H29FN4O2/c1-18-6-5-7-20(16-18)17-32(21-10-11-21)26(33)24-19(2)29-27(31-12-14-34-15-13-31)30-25(24)22-8-3-4-9-23(22)28/h3-9,16,21H,10-15,17H2,1-2H3. The highest BCUT2D eigenvalue weighted by atomic mass is 19.1. The molecule has 7 heteroatoms. The van der Waals surface area contributed by atoms with Crippen LogP contribution in [-0.4, -0.2) is 53.1 Å². The van der Waals surface area contributed by atoms with Crippen molar-refractivity contribution in [2.75, 3.05) is 31.2 Å². The lowest BCUT2D eigenvalue weighted by atomic mass is 10.0. The van der Waals surface area contributed by atoms with Crippen molar-refractivity contribution in [1.29, 1.82) is 0 Å². The van der Waals surface area contributed by atoms with Crippen molar-refractivity contribution in [1.82, 2.24) is 14.9 Å². The van der Waals surface area contributed by atoms with E-state index in [1.54, 1.807) is 18.2 Å². The van der Waals surface area contributed by atoms with E-state index in [0.717, 1.165) is 24.0 Å². The van der Waals surface area contributed by atoms with E-state index in [9.17, 15) is 9.18 Å². The van der Waals surface area contributed by atoms with Crippen molar-refractivity contribution in [3.05, 3.63) is 76.7 Å². The molecule has 34 heavy (non-hydrogen) atoms. The molecule has 0 unspecified atom stereocenters. The summed E-state index contributed by atoms with van der Waals surface area (Å²) >= 11 is 0. The van der Waals surface area contributed by atoms with E-state index in [1.807, 2.05) is 41.8 Å². The normalized spacial score (nSPS) is 15.9. The van der Waals surface area contributed by atoms with Crippen molar-refractivity contribution in [2.45, 2.75) is 39.3 Å². The minimum absolute atomic E-state index is 0.145. The number of carbonyl (C=O) groups excluding carboxylic acids is 1. The van der Waals surface area contributed by atoms with Crippen LogP contribution in [0.25, 0.3) is 11.3 Å². The zero-order chi connectivity index (χ0) is 23.7. The predicted octanol–water partition coefficient (Wildman–Crippen LogP) is 4.54. The molecular weight excluding hydrogens is 431 g/mol. The van der Waals surface area contributed by atoms with Crippen molar-refractivity contribution < 1.29 is 13.9 Å². The molecule has 2 fully saturated rings. The summed E-state index contributed by atoms with van der Waals surface area (Å²) < 4.78 is 20.4. The van der Waals surface area contributed by atoms with Gasteiger partial charge in [0, 0.05) is 31.2 Å². The highest BCUT2D eigenvalue weighted by molar-refractivity contribution is 6.01. The van der Waals surface area contributed by atoms with Gasteiger partial charge in [0.2, 0.25) is 5.95 Å². The minimum atomic E-state index is -0.403. The maximum Gasteiger partial charge on any atom is 0.258 e. The summed E-state index contributed by atoms with van der Waals surface area (Å²) in [5, 5.41) is 0. The summed E-state index contributed by atoms with van der Waals surface area (Å²) in [6, 6.07) is 14.9. The molecular formula is C27H29FN4O2. The smallest absolute Gasteiger partial charge is 0.258 e. The molecule has 0 spiro atoms. The molecule has 1 aliphatic heterocycles. The Labute approximate surface area is 199 Å². The Balaban J connectivity index is 1.58. The van der Waals surface area contributed by atoms with Gasteiger partial charge in [-0.1, -0.05) is 42.0 Å². The third-order valence-electron chi connectivity index (χ3n) is 6.40. The van der Waals surface area contributed by atoms with Crippen LogP contribution < -0.4 is 4.90 Å². The number of aryl methyl sites for hydroxylation is 2. The van der Waals surface area contributed by atoms with Crippen molar-refractivity contribution in [3.63, 3.8) is 0 Å². The fourth-order valence-corrected chi connectivity index (χ4v) is 4.47. The molecule has 2 aromatic carbocycles. The van der Waals surface area contributed by atoms with Gasteiger partial charge in [-0.25, -0.2) is 14.4 Å². The van der Waals surface area contributed by atoms with Crippen LogP contribution >= 0.6 is 0 Å². The molecule has 0 bridgehead atoms. The third-order valence-corrected chi connectivity index (χ3v) is 6.40. The molecule has 5 rings (SSSR count). The quantitative estimate of drug-likeness (QED) is 0.541. The molecule has 2 aliphatic rings. The maximum atomic E-state index is 15.0. The predicted molar refractivity (Wildman–Crippen MR) is 129 cm³/mol. The number of aromatic nitrogens is 2. The number of amides is 1. The van der Waals surface area contributed by atoms with Crippen LogP contribution in [0, 0.1) is 19.7 Å². The highest BCUT2D eigenvalue weighted by Crippen LogP contribution is 2.34. The molecule has 1 saturated carbocycles. The number of nitrogens with zero attached hydrogens (tertiary/aromatic N) is 4. The Morgan fingerprint density at radius 1 is 1.09 bits per heavy atom. The van der Waals surface area contributed by atoms with Gasteiger partial charge in [-0.15, -0.1) is 0 Å². The SMILES string of the molecule is Cc1cccc(CN(C(=O)c2c(C)nc(N3CCOCC3)nc2-c2ccccc2F)C2CC2)c1. The zero-order valence-corrected chi connectivity index (χ0v) is 19.6. The first-order chi connectivity index (χ1) is 16.5. The number of hydrogen-bond acceptors (Lipinski definition) is 5. The molecule has 1 amide bonds. The first-order valence-electron chi connectivity index (χ1n) is 11.8. The molecule has 3 aromatic rings. The molecule has 2 heterocycles. The summed E-state index contributed by atoms with van der Waals surface area (Å²) in [6.07, 6.45) is 1.94. The Bertz CT molecular complexity index is 1200. The molecule has 1 aliphatic carbocycles. The fraction of sp³-hybridized carbons (Fsp3) is 0.370. The van der Waals surface area contributed by atoms with Crippen LogP contribution in [0.15, 0.2) is 48.5 Å². The van der Waals surface area contributed by atoms with E-state index in [-0.39, 0.29) is 11.9 Å². The van der Waals surface area contributed by atoms with E-state index < -0.39 is 5.82 Å². The number of halogens is 1. The molecule has 0 radical (unpaired) electrons.